The zero-order valence-corrected chi connectivity index (χ0v) is 10.7. The van der Waals surface area contributed by atoms with Gasteiger partial charge in [0.1, 0.15) is 0 Å². The number of nitrogens with zero attached hydrogens (tertiary/aromatic N) is 2. The highest BCUT2D eigenvalue weighted by Crippen LogP contribution is 2.23. The Morgan fingerprint density at radius 1 is 1.44 bits per heavy atom. The Kier molecular flexibility index (Phi) is 4.42. The van der Waals surface area contributed by atoms with Gasteiger partial charge in [0.2, 0.25) is 0 Å². The predicted octanol–water partition coefficient (Wildman–Crippen LogP) is 1.24. The van der Waals surface area contributed by atoms with Crippen molar-refractivity contribution >= 4 is 11.6 Å². The van der Waals surface area contributed by atoms with E-state index in [0.717, 1.165) is 0 Å². The second kappa shape index (κ2) is 5.45. The number of hydrogen-bond donors (Lipinski definition) is 3. The molecule has 0 amide bonds. The van der Waals surface area contributed by atoms with Crippen LogP contribution in [0.5, 0.6) is 0 Å². The molecule has 0 atom stereocenters. The topological polar surface area (TPSA) is 74.4 Å². The summed E-state index contributed by atoms with van der Waals surface area (Å²) in [5, 5.41) is 9.75. The summed E-state index contributed by atoms with van der Waals surface area (Å²) in [7, 11) is 0. The van der Waals surface area contributed by atoms with Crippen molar-refractivity contribution < 1.29 is 13.9 Å². The van der Waals surface area contributed by atoms with Crippen LogP contribution in [0.25, 0.3) is 0 Å². The van der Waals surface area contributed by atoms with Crippen LogP contribution in [0.3, 0.4) is 0 Å². The van der Waals surface area contributed by atoms with Crippen LogP contribution in [-0.4, -0.2) is 28.8 Å². The highest BCUT2D eigenvalue weighted by molar-refractivity contribution is 5.49. The monoisotopic (exact) mass is 260 g/mol. The van der Waals surface area contributed by atoms with Gasteiger partial charge in [0.25, 0.3) is 0 Å². The molecule has 1 rings (SSSR count). The molecule has 0 saturated heterocycles. The molecule has 0 aliphatic heterocycles. The van der Waals surface area contributed by atoms with Crippen LogP contribution in [0.2, 0.25) is 0 Å². The van der Waals surface area contributed by atoms with Gasteiger partial charge in [0, 0.05) is 19.2 Å². The molecule has 0 aliphatic carbocycles. The fourth-order valence-corrected chi connectivity index (χ4v) is 1.58. The molecule has 0 saturated carbocycles. The van der Waals surface area contributed by atoms with Crippen LogP contribution in [0, 0.1) is 11.6 Å². The third-order valence-corrected chi connectivity index (χ3v) is 2.31. The highest BCUT2D eigenvalue weighted by atomic mass is 19.1. The van der Waals surface area contributed by atoms with E-state index < -0.39 is 17.2 Å². The fourth-order valence-electron chi connectivity index (χ4n) is 1.58. The molecule has 0 aromatic carbocycles. The number of hydrogen-bond acceptors (Lipinski definition) is 5. The van der Waals surface area contributed by atoms with Gasteiger partial charge < -0.3 is 15.4 Å². The summed E-state index contributed by atoms with van der Waals surface area (Å²) in [6.45, 7) is 5.57. The number of aromatic nitrogens is 1. The van der Waals surface area contributed by atoms with E-state index in [1.54, 1.807) is 20.8 Å². The maximum Gasteiger partial charge on any atom is 0.178 e. The van der Waals surface area contributed by atoms with Crippen molar-refractivity contribution in [3.8, 4) is 0 Å². The molecule has 0 fully saturated rings. The lowest BCUT2D eigenvalue weighted by Gasteiger charge is -2.29. The molecule has 4 N–H and O–H groups in total. The zero-order valence-electron chi connectivity index (χ0n) is 10.7. The molecule has 0 radical (unpaired) electrons. The number of pyridine rings is 1. The van der Waals surface area contributed by atoms with Crippen LogP contribution in [0.4, 0.5) is 20.4 Å². The standard InChI is InChI=1S/C11H18F2N4O/c1-4-17(6-11(2,3)18)10-8(13)5-7(12)9(15-10)16-14/h5,18H,4,6,14H2,1-3H3,(H,15,16). The van der Waals surface area contributed by atoms with Crippen molar-refractivity contribution in [2.24, 2.45) is 5.84 Å². The van der Waals surface area contributed by atoms with E-state index in [2.05, 4.69) is 10.4 Å². The van der Waals surface area contributed by atoms with Gasteiger partial charge in [-0.15, -0.1) is 0 Å². The zero-order chi connectivity index (χ0) is 13.9. The largest absolute Gasteiger partial charge is 0.389 e. The van der Waals surface area contributed by atoms with E-state index in [0.29, 0.717) is 12.6 Å². The second-order valence-electron chi connectivity index (χ2n) is 4.60. The van der Waals surface area contributed by atoms with Gasteiger partial charge in [-0.25, -0.2) is 19.6 Å². The SMILES string of the molecule is CCN(CC(C)(C)O)c1nc(NN)c(F)cc1F. The number of rotatable bonds is 5. The average Bonchev–Trinajstić information content (AvgIpc) is 2.25. The van der Waals surface area contributed by atoms with Crippen molar-refractivity contribution in [3.05, 3.63) is 17.7 Å². The van der Waals surface area contributed by atoms with Gasteiger partial charge in [-0.1, -0.05) is 0 Å². The normalized spacial score (nSPS) is 11.5. The quantitative estimate of drug-likeness (QED) is 0.548. The van der Waals surface area contributed by atoms with Crippen LogP contribution in [-0.2, 0) is 0 Å². The highest BCUT2D eigenvalue weighted by Gasteiger charge is 2.22. The molecule has 1 aromatic rings. The molecular formula is C11H18F2N4O. The van der Waals surface area contributed by atoms with E-state index in [9.17, 15) is 13.9 Å². The van der Waals surface area contributed by atoms with Crippen molar-refractivity contribution in [2.45, 2.75) is 26.4 Å². The first-order chi connectivity index (χ1) is 8.28. The molecule has 5 nitrogen and oxygen atoms in total. The molecule has 7 heteroatoms. The minimum Gasteiger partial charge on any atom is -0.389 e. The Morgan fingerprint density at radius 3 is 2.50 bits per heavy atom. The lowest BCUT2D eigenvalue weighted by molar-refractivity contribution is 0.0872. The molecular weight excluding hydrogens is 242 g/mol. The number of anilines is 2. The Bertz CT molecular complexity index is 420. The Hall–Kier alpha value is -1.47. The average molecular weight is 260 g/mol. The van der Waals surface area contributed by atoms with Gasteiger partial charge in [-0.05, 0) is 20.8 Å². The summed E-state index contributed by atoms with van der Waals surface area (Å²) in [5.41, 5.74) is 1.04. The first-order valence-corrected chi connectivity index (χ1v) is 5.58. The lowest BCUT2D eigenvalue weighted by atomic mass is 10.1. The number of nitrogens with two attached hydrogens (primary N) is 1. The van der Waals surface area contributed by atoms with Gasteiger partial charge in [-0.3, -0.25) is 0 Å². The molecule has 1 aromatic heterocycles. The molecule has 0 unspecified atom stereocenters. The van der Waals surface area contributed by atoms with E-state index in [1.807, 2.05) is 0 Å². The molecule has 1 heterocycles. The van der Waals surface area contributed by atoms with Crippen LogP contribution >= 0.6 is 0 Å². The van der Waals surface area contributed by atoms with Crippen LogP contribution < -0.4 is 16.2 Å². The summed E-state index contributed by atoms with van der Waals surface area (Å²) in [6, 6.07) is 0.713. The predicted molar refractivity (Wildman–Crippen MR) is 66.1 cm³/mol. The first kappa shape index (κ1) is 14.6. The summed E-state index contributed by atoms with van der Waals surface area (Å²) in [5.74, 6) is 3.16. The Morgan fingerprint density at radius 2 is 2.06 bits per heavy atom. The lowest BCUT2D eigenvalue weighted by Crippen LogP contribution is -2.39. The summed E-state index contributed by atoms with van der Waals surface area (Å²) in [4.78, 5) is 5.28. The minimum atomic E-state index is -1.02. The number of hydrazine groups is 1. The second-order valence-corrected chi connectivity index (χ2v) is 4.60. The first-order valence-electron chi connectivity index (χ1n) is 5.58. The molecule has 102 valence electrons. The van der Waals surface area contributed by atoms with Gasteiger partial charge in [0.15, 0.2) is 23.3 Å². The smallest absolute Gasteiger partial charge is 0.178 e. The Labute approximate surface area is 105 Å². The number of likely N-dealkylation sites (N-methyl/N-ethyl adjacent to an activating group) is 1. The number of halogens is 2. The van der Waals surface area contributed by atoms with Crippen molar-refractivity contribution in [1.29, 1.82) is 0 Å². The van der Waals surface area contributed by atoms with Crippen LogP contribution in [0.15, 0.2) is 6.07 Å². The van der Waals surface area contributed by atoms with Crippen molar-refractivity contribution in [1.82, 2.24) is 4.98 Å². The number of nitrogens with one attached hydrogen (secondary N) is 1. The van der Waals surface area contributed by atoms with Gasteiger partial charge >= 0.3 is 0 Å². The third-order valence-electron chi connectivity index (χ3n) is 2.31. The number of aliphatic hydroxyl groups is 1. The van der Waals surface area contributed by atoms with Crippen molar-refractivity contribution in [2.75, 3.05) is 23.4 Å². The van der Waals surface area contributed by atoms with E-state index >= 15 is 0 Å². The summed E-state index contributed by atoms with van der Waals surface area (Å²) >= 11 is 0. The summed E-state index contributed by atoms with van der Waals surface area (Å²) < 4.78 is 26.9. The summed E-state index contributed by atoms with van der Waals surface area (Å²) in [6.07, 6.45) is 0. The van der Waals surface area contributed by atoms with E-state index in [4.69, 9.17) is 5.84 Å². The maximum atomic E-state index is 13.7. The van der Waals surface area contributed by atoms with E-state index in [-0.39, 0.29) is 18.2 Å². The van der Waals surface area contributed by atoms with Crippen molar-refractivity contribution in [3.63, 3.8) is 0 Å². The molecule has 0 bridgehead atoms. The van der Waals surface area contributed by atoms with Gasteiger partial charge in [0.05, 0.1) is 5.60 Å². The Balaban J connectivity index is 3.13. The van der Waals surface area contributed by atoms with E-state index in [1.165, 1.54) is 4.90 Å². The third kappa shape index (κ3) is 3.51. The van der Waals surface area contributed by atoms with Crippen LogP contribution in [0.1, 0.15) is 20.8 Å². The molecule has 0 spiro atoms. The van der Waals surface area contributed by atoms with Gasteiger partial charge in [-0.2, -0.15) is 0 Å². The molecule has 0 aliphatic rings. The fraction of sp³-hybridized carbons (Fsp3) is 0.545. The number of nitrogen functional groups attached to an aromatic ring is 1. The minimum absolute atomic E-state index is 0.0472. The molecule has 18 heavy (non-hydrogen) atoms. The maximum absolute atomic E-state index is 13.7.